The van der Waals surface area contributed by atoms with Crippen LogP contribution in [0.2, 0.25) is 0 Å². The Hall–Kier alpha value is -3.61. The standard InChI is InChI=1S/C24H27N3O4/c1-23(2,3)31-22(29)27-24(4,5)20(28)26-21-25-18(16-12-8-6-9-13-16)19(30-21)17-14-10-7-11-15-17/h6-15H,1-5H3,(H,27,29)(H,25,26,28). The Kier molecular flexibility index (Phi) is 6.15. The number of nitrogens with zero attached hydrogens (tertiary/aromatic N) is 1. The fourth-order valence-electron chi connectivity index (χ4n) is 2.82. The molecule has 0 aliphatic rings. The van der Waals surface area contributed by atoms with Gasteiger partial charge in [-0.3, -0.25) is 10.1 Å². The summed E-state index contributed by atoms with van der Waals surface area (Å²) < 4.78 is 11.2. The van der Waals surface area contributed by atoms with Crippen molar-refractivity contribution in [1.82, 2.24) is 10.3 Å². The number of aromatic nitrogens is 1. The third-order valence-corrected chi connectivity index (χ3v) is 4.31. The Labute approximate surface area is 181 Å². The molecule has 2 aromatic carbocycles. The molecule has 0 saturated heterocycles. The van der Waals surface area contributed by atoms with Crippen molar-refractivity contribution in [3.8, 4) is 22.6 Å². The van der Waals surface area contributed by atoms with Crippen LogP contribution in [-0.4, -0.2) is 28.1 Å². The molecule has 7 nitrogen and oxygen atoms in total. The maximum absolute atomic E-state index is 12.8. The number of alkyl carbamates (subject to hydrolysis) is 1. The highest BCUT2D eigenvalue weighted by molar-refractivity contribution is 5.98. The molecule has 0 radical (unpaired) electrons. The lowest BCUT2D eigenvalue weighted by atomic mass is 10.1. The Morgan fingerprint density at radius 2 is 1.42 bits per heavy atom. The molecule has 0 aliphatic heterocycles. The second-order valence-electron chi connectivity index (χ2n) is 8.63. The monoisotopic (exact) mass is 421 g/mol. The first-order valence-corrected chi connectivity index (χ1v) is 9.99. The smallest absolute Gasteiger partial charge is 0.408 e. The Balaban J connectivity index is 1.85. The summed E-state index contributed by atoms with van der Waals surface area (Å²) in [5, 5.41) is 5.24. The van der Waals surface area contributed by atoms with Gasteiger partial charge in [-0.2, -0.15) is 4.98 Å². The van der Waals surface area contributed by atoms with Crippen molar-refractivity contribution in [2.75, 3.05) is 5.32 Å². The molecule has 0 fully saturated rings. The number of hydrogen-bond acceptors (Lipinski definition) is 5. The van der Waals surface area contributed by atoms with Crippen LogP contribution in [0.1, 0.15) is 34.6 Å². The average Bonchev–Trinajstić information content (AvgIpc) is 3.11. The molecule has 3 aromatic rings. The van der Waals surface area contributed by atoms with Gasteiger partial charge in [0, 0.05) is 11.1 Å². The van der Waals surface area contributed by atoms with Crippen LogP contribution < -0.4 is 10.6 Å². The average molecular weight is 421 g/mol. The van der Waals surface area contributed by atoms with Crippen LogP contribution in [-0.2, 0) is 9.53 Å². The third kappa shape index (κ3) is 5.72. The molecule has 2 N–H and O–H groups in total. The van der Waals surface area contributed by atoms with Gasteiger partial charge in [0.05, 0.1) is 0 Å². The Morgan fingerprint density at radius 3 is 1.97 bits per heavy atom. The summed E-state index contributed by atoms with van der Waals surface area (Å²) >= 11 is 0. The zero-order valence-electron chi connectivity index (χ0n) is 18.4. The van der Waals surface area contributed by atoms with Gasteiger partial charge in [0.25, 0.3) is 5.91 Å². The molecular formula is C24H27N3O4. The number of amides is 2. The largest absolute Gasteiger partial charge is 0.444 e. The minimum Gasteiger partial charge on any atom is -0.444 e. The second kappa shape index (κ2) is 8.63. The summed E-state index contributed by atoms with van der Waals surface area (Å²) in [5.41, 5.74) is 0.377. The quantitative estimate of drug-likeness (QED) is 0.587. The van der Waals surface area contributed by atoms with E-state index in [9.17, 15) is 9.59 Å². The van der Waals surface area contributed by atoms with Crippen molar-refractivity contribution in [3.63, 3.8) is 0 Å². The number of anilines is 1. The van der Waals surface area contributed by atoms with E-state index in [0.29, 0.717) is 11.5 Å². The van der Waals surface area contributed by atoms with Gasteiger partial charge in [-0.25, -0.2) is 4.79 Å². The van der Waals surface area contributed by atoms with E-state index in [4.69, 9.17) is 9.15 Å². The predicted octanol–water partition coefficient (Wildman–Crippen LogP) is 5.25. The van der Waals surface area contributed by atoms with Crippen LogP contribution in [0.3, 0.4) is 0 Å². The highest BCUT2D eigenvalue weighted by atomic mass is 16.6. The SMILES string of the molecule is CC(C)(C)OC(=O)NC(C)(C)C(=O)Nc1nc(-c2ccccc2)c(-c2ccccc2)o1. The van der Waals surface area contributed by atoms with Crippen LogP contribution in [0.25, 0.3) is 22.6 Å². The Bertz CT molecular complexity index is 994. The van der Waals surface area contributed by atoms with E-state index >= 15 is 0 Å². The van der Waals surface area contributed by atoms with Gasteiger partial charge in [0.1, 0.15) is 16.8 Å². The summed E-state index contributed by atoms with van der Waals surface area (Å²) in [6, 6.07) is 19.1. The molecule has 0 unspecified atom stereocenters. The minimum absolute atomic E-state index is 0.0433. The van der Waals surface area contributed by atoms with Gasteiger partial charge in [0.15, 0.2) is 5.76 Å². The number of carbonyl (C=O) groups excluding carboxylic acids is 2. The third-order valence-electron chi connectivity index (χ3n) is 4.31. The molecule has 0 spiro atoms. The van der Waals surface area contributed by atoms with E-state index in [1.807, 2.05) is 60.7 Å². The summed E-state index contributed by atoms with van der Waals surface area (Å²) in [6.45, 7) is 8.41. The van der Waals surface area contributed by atoms with Crippen molar-refractivity contribution in [2.24, 2.45) is 0 Å². The molecule has 31 heavy (non-hydrogen) atoms. The summed E-state index contributed by atoms with van der Waals surface area (Å²) in [7, 11) is 0. The first kappa shape index (κ1) is 22.1. The number of oxazole rings is 1. The van der Waals surface area contributed by atoms with Crippen LogP contribution in [0.15, 0.2) is 65.1 Å². The highest BCUT2D eigenvalue weighted by Crippen LogP contribution is 2.34. The van der Waals surface area contributed by atoms with Gasteiger partial charge < -0.3 is 14.5 Å². The zero-order chi connectivity index (χ0) is 22.6. The van der Waals surface area contributed by atoms with E-state index in [1.165, 1.54) is 0 Å². The molecule has 0 bridgehead atoms. The first-order chi connectivity index (χ1) is 14.5. The molecule has 0 aliphatic carbocycles. The van der Waals surface area contributed by atoms with E-state index < -0.39 is 23.1 Å². The summed E-state index contributed by atoms with van der Waals surface area (Å²) in [5.74, 6) is 0.0545. The molecule has 7 heteroatoms. The predicted molar refractivity (Wildman–Crippen MR) is 119 cm³/mol. The molecule has 1 heterocycles. The molecule has 0 atom stereocenters. The topological polar surface area (TPSA) is 93.5 Å². The molecule has 2 amide bonds. The van der Waals surface area contributed by atoms with Crippen LogP contribution >= 0.6 is 0 Å². The van der Waals surface area contributed by atoms with Gasteiger partial charge in [0.2, 0.25) is 0 Å². The van der Waals surface area contributed by atoms with E-state index in [1.54, 1.807) is 34.6 Å². The summed E-state index contributed by atoms with van der Waals surface area (Å²) in [6.07, 6.45) is -0.685. The minimum atomic E-state index is -1.25. The maximum Gasteiger partial charge on any atom is 0.408 e. The van der Waals surface area contributed by atoms with Crippen molar-refractivity contribution in [1.29, 1.82) is 0 Å². The van der Waals surface area contributed by atoms with E-state index in [-0.39, 0.29) is 6.01 Å². The lowest BCUT2D eigenvalue weighted by molar-refractivity contribution is -0.121. The van der Waals surface area contributed by atoms with Gasteiger partial charge in [-0.15, -0.1) is 0 Å². The highest BCUT2D eigenvalue weighted by Gasteiger charge is 2.33. The lowest BCUT2D eigenvalue weighted by Crippen LogP contribution is -2.53. The number of nitrogens with one attached hydrogen (secondary N) is 2. The first-order valence-electron chi connectivity index (χ1n) is 9.99. The fraction of sp³-hybridized carbons (Fsp3) is 0.292. The van der Waals surface area contributed by atoms with Gasteiger partial charge >= 0.3 is 12.1 Å². The number of hydrogen-bond donors (Lipinski definition) is 2. The number of rotatable bonds is 5. The molecule has 3 rings (SSSR count). The van der Waals surface area contributed by atoms with Crippen LogP contribution in [0.5, 0.6) is 0 Å². The zero-order valence-corrected chi connectivity index (χ0v) is 18.4. The number of ether oxygens (including phenoxy) is 1. The van der Waals surface area contributed by atoms with E-state index in [0.717, 1.165) is 11.1 Å². The maximum atomic E-state index is 12.8. The second-order valence-corrected chi connectivity index (χ2v) is 8.63. The van der Waals surface area contributed by atoms with Crippen molar-refractivity contribution < 1.29 is 18.7 Å². The van der Waals surface area contributed by atoms with Crippen molar-refractivity contribution in [2.45, 2.75) is 45.8 Å². The van der Waals surface area contributed by atoms with Crippen molar-refractivity contribution >= 4 is 18.0 Å². The normalized spacial score (nSPS) is 11.6. The van der Waals surface area contributed by atoms with Gasteiger partial charge in [-0.1, -0.05) is 60.7 Å². The lowest BCUT2D eigenvalue weighted by Gasteiger charge is -2.27. The van der Waals surface area contributed by atoms with Gasteiger partial charge in [-0.05, 0) is 34.6 Å². The molecule has 162 valence electrons. The fourth-order valence-corrected chi connectivity index (χ4v) is 2.82. The molecule has 1 aromatic heterocycles. The summed E-state index contributed by atoms with van der Waals surface area (Å²) in [4.78, 5) is 29.5. The molecular weight excluding hydrogens is 394 g/mol. The number of carbonyl (C=O) groups is 2. The van der Waals surface area contributed by atoms with E-state index in [2.05, 4.69) is 15.6 Å². The van der Waals surface area contributed by atoms with Crippen LogP contribution in [0, 0.1) is 0 Å². The van der Waals surface area contributed by atoms with Crippen molar-refractivity contribution in [3.05, 3.63) is 60.7 Å². The molecule has 0 saturated carbocycles. The van der Waals surface area contributed by atoms with Crippen LogP contribution in [0.4, 0.5) is 10.8 Å². The number of benzene rings is 2. The Morgan fingerprint density at radius 1 is 0.871 bits per heavy atom.